The quantitative estimate of drug-likeness (QED) is 0.583. The molecule has 1 unspecified atom stereocenters. The smallest absolute Gasteiger partial charge is 0.307 e. The zero-order chi connectivity index (χ0) is 13.7. The van der Waals surface area contributed by atoms with Crippen molar-refractivity contribution in [1.82, 2.24) is 0 Å². The number of para-hydroxylation sites is 1. The van der Waals surface area contributed by atoms with E-state index in [0.29, 0.717) is 0 Å². The van der Waals surface area contributed by atoms with E-state index < -0.39 is 29.2 Å². The lowest BCUT2D eigenvalue weighted by molar-refractivity contribution is -0.385. The fraction of sp³-hybridized carbons (Fsp3) is 0.273. The largest absolute Gasteiger partial charge is 0.481 e. The van der Waals surface area contributed by atoms with E-state index in [0.717, 1.165) is 0 Å². The highest BCUT2D eigenvalue weighted by Gasteiger charge is 2.24. The van der Waals surface area contributed by atoms with Gasteiger partial charge in [-0.15, -0.1) is 0 Å². The van der Waals surface area contributed by atoms with Crippen molar-refractivity contribution in [1.29, 1.82) is 0 Å². The summed E-state index contributed by atoms with van der Waals surface area (Å²) in [5.41, 5.74) is 0.0188. The zero-order valence-electron chi connectivity index (χ0n) is 9.28. The predicted molar refractivity (Wildman–Crippen MR) is 60.2 cm³/mol. The molecule has 0 aliphatic rings. The van der Waals surface area contributed by atoms with Gasteiger partial charge in [-0.3, -0.25) is 19.7 Å². The van der Waals surface area contributed by atoms with Gasteiger partial charge >= 0.3 is 11.9 Å². The van der Waals surface area contributed by atoms with Crippen LogP contribution >= 0.6 is 0 Å². The van der Waals surface area contributed by atoms with Crippen molar-refractivity contribution in [3.05, 3.63) is 39.9 Å². The summed E-state index contributed by atoms with van der Waals surface area (Å²) in [5, 5.41) is 28.2. The molecule has 0 aliphatic heterocycles. The first-order valence-corrected chi connectivity index (χ1v) is 5.08. The second-order valence-electron chi connectivity index (χ2n) is 3.72. The number of hydrogen-bond acceptors (Lipinski definition) is 4. The number of carbonyl (C=O) groups is 2. The van der Waals surface area contributed by atoms with Gasteiger partial charge in [-0.25, -0.2) is 0 Å². The number of nitro benzene ring substituents is 1. The molecule has 1 atom stereocenters. The van der Waals surface area contributed by atoms with Crippen molar-refractivity contribution in [2.24, 2.45) is 5.92 Å². The molecule has 7 heteroatoms. The van der Waals surface area contributed by atoms with Crippen molar-refractivity contribution < 1.29 is 24.7 Å². The van der Waals surface area contributed by atoms with Crippen LogP contribution in [0.4, 0.5) is 5.69 Å². The molecular formula is C11H11NO6. The van der Waals surface area contributed by atoms with Crippen LogP contribution in [-0.2, 0) is 16.0 Å². The normalized spacial score (nSPS) is 11.8. The Kier molecular flexibility index (Phi) is 4.36. The van der Waals surface area contributed by atoms with Gasteiger partial charge < -0.3 is 10.2 Å². The molecule has 0 heterocycles. The maximum absolute atomic E-state index is 10.9. The Morgan fingerprint density at radius 2 is 1.89 bits per heavy atom. The molecule has 1 rings (SSSR count). The molecular weight excluding hydrogens is 242 g/mol. The topological polar surface area (TPSA) is 118 Å². The van der Waals surface area contributed by atoms with Crippen LogP contribution in [0.25, 0.3) is 0 Å². The number of hydrogen-bond donors (Lipinski definition) is 2. The highest BCUT2D eigenvalue weighted by atomic mass is 16.6. The van der Waals surface area contributed by atoms with E-state index in [1.54, 1.807) is 6.07 Å². The number of rotatable bonds is 6. The number of aliphatic carboxylic acids is 2. The summed E-state index contributed by atoms with van der Waals surface area (Å²) >= 11 is 0. The van der Waals surface area contributed by atoms with Gasteiger partial charge in [0, 0.05) is 11.6 Å². The lowest BCUT2D eigenvalue weighted by atomic mass is 9.95. The molecule has 0 radical (unpaired) electrons. The summed E-state index contributed by atoms with van der Waals surface area (Å²) in [6.07, 6.45) is -0.750. The molecule has 0 spiro atoms. The average Bonchev–Trinajstić information content (AvgIpc) is 2.27. The summed E-state index contributed by atoms with van der Waals surface area (Å²) in [5.74, 6) is -3.71. The molecule has 18 heavy (non-hydrogen) atoms. The standard InChI is InChI=1S/C11H11NO6/c13-10(14)6-8(11(15)16)5-7-3-1-2-4-9(7)12(17)18/h1-4,8H,5-6H2,(H,13,14)(H,15,16). The van der Waals surface area contributed by atoms with Gasteiger partial charge in [-0.1, -0.05) is 18.2 Å². The van der Waals surface area contributed by atoms with Crippen molar-refractivity contribution >= 4 is 17.6 Å². The van der Waals surface area contributed by atoms with Crippen LogP contribution < -0.4 is 0 Å². The Morgan fingerprint density at radius 1 is 1.28 bits per heavy atom. The third-order valence-electron chi connectivity index (χ3n) is 2.42. The summed E-state index contributed by atoms with van der Waals surface area (Å²) in [6, 6.07) is 5.70. The molecule has 0 saturated carbocycles. The van der Waals surface area contributed by atoms with E-state index >= 15 is 0 Å². The minimum Gasteiger partial charge on any atom is -0.481 e. The van der Waals surface area contributed by atoms with Crippen LogP contribution in [0.5, 0.6) is 0 Å². The van der Waals surface area contributed by atoms with Gasteiger partial charge in [0.15, 0.2) is 0 Å². The number of nitrogens with zero attached hydrogens (tertiary/aromatic N) is 1. The molecule has 2 N–H and O–H groups in total. The fourth-order valence-electron chi connectivity index (χ4n) is 1.58. The van der Waals surface area contributed by atoms with Crippen LogP contribution in [0.15, 0.2) is 24.3 Å². The molecule has 1 aromatic rings. The van der Waals surface area contributed by atoms with E-state index in [1.807, 2.05) is 0 Å². The van der Waals surface area contributed by atoms with Gasteiger partial charge in [-0.2, -0.15) is 0 Å². The third-order valence-corrected chi connectivity index (χ3v) is 2.42. The molecule has 0 aromatic heterocycles. The first-order chi connectivity index (χ1) is 8.41. The Bertz CT molecular complexity index is 484. The molecule has 7 nitrogen and oxygen atoms in total. The minimum atomic E-state index is -1.28. The fourth-order valence-corrected chi connectivity index (χ4v) is 1.58. The number of carboxylic acids is 2. The maximum Gasteiger partial charge on any atom is 0.307 e. The molecule has 96 valence electrons. The van der Waals surface area contributed by atoms with E-state index in [1.165, 1.54) is 18.2 Å². The molecule has 0 saturated heterocycles. The van der Waals surface area contributed by atoms with E-state index in [2.05, 4.69) is 0 Å². The molecule has 0 bridgehead atoms. The monoisotopic (exact) mass is 253 g/mol. The lowest BCUT2D eigenvalue weighted by Gasteiger charge is -2.09. The van der Waals surface area contributed by atoms with E-state index in [4.69, 9.17) is 10.2 Å². The SMILES string of the molecule is O=C(O)CC(Cc1ccccc1[N+](=O)[O-])C(=O)O. The predicted octanol–water partition coefficient (Wildman–Crippen LogP) is 1.31. The molecule has 0 aliphatic carbocycles. The van der Waals surface area contributed by atoms with Crippen LogP contribution in [0.2, 0.25) is 0 Å². The summed E-state index contributed by atoms with van der Waals surface area (Å²) in [7, 11) is 0. The second kappa shape index (κ2) is 5.76. The average molecular weight is 253 g/mol. The van der Waals surface area contributed by atoms with Crippen molar-refractivity contribution in [3.63, 3.8) is 0 Å². The third kappa shape index (κ3) is 3.55. The second-order valence-corrected chi connectivity index (χ2v) is 3.72. The number of benzene rings is 1. The highest BCUT2D eigenvalue weighted by molar-refractivity contribution is 5.78. The number of nitro groups is 1. The van der Waals surface area contributed by atoms with Gasteiger partial charge in [0.2, 0.25) is 0 Å². The van der Waals surface area contributed by atoms with Crippen molar-refractivity contribution in [2.45, 2.75) is 12.8 Å². The molecule has 1 aromatic carbocycles. The van der Waals surface area contributed by atoms with Gasteiger partial charge in [0.05, 0.1) is 17.3 Å². The summed E-state index contributed by atoms with van der Waals surface area (Å²) in [6.45, 7) is 0. The van der Waals surface area contributed by atoms with Crippen LogP contribution in [0.3, 0.4) is 0 Å². The summed E-state index contributed by atoms with van der Waals surface area (Å²) < 4.78 is 0. The van der Waals surface area contributed by atoms with Crippen molar-refractivity contribution in [3.8, 4) is 0 Å². The van der Waals surface area contributed by atoms with Gasteiger partial charge in [-0.05, 0) is 6.42 Å². The van der Waals surface area contributed by atoms with Crippen LogP contribution in [0, 0.1) is 16.0 Å². The minimum absolute atomic E-state index is 0.182. The van der Waals surface area contributed by atoms with E-state index in [9.17, 15) is 19.7 Å². The highest BCUT2D eigenvalue weighted by Crippen LogP contribution is 2.22. The van der Waals surface area contributed by atoms with E-state index in [-0.39, 0.29) is 17.7 Å². The van der Waals surface area contributed by atoms with Crippen molar-refractivity contribution in [2.75, 3.05) is 0 Å². The first kappa shape index (κ1) is 13.6. The van der Waals surface area contributed by atoms with Crippen LogP contribution in [-0.4, -0.2) is 27.1 Å². The Hall–Kier alpha value is -2.44. The zero-order valence-corrected chi connectivity index (χ0v) is 9.28. The van der Waals surface area contributed by atoms with Crippen LogP contribution in [0.1, 0.15) is 12.0 Å². The lowest BCUT2D eigenvalue weighted by Crippen LogP contribution is -2.20. The molecule has 0 amide bonds. The molecule has 0 fully saturated rings. The Morgan fingerprint density at radius 3 is 2.39 bits per heavy atom. The maximum atomic E-state index is 10.9. The van der Waals surface area contributed by atoms with Gasteiger partial charge in [0.1, 0.15) is 0 Å². The first-order valence-electron chi connectivity index (χ1n) is 5.08. The van der Waals surface area contributed by atoms with Gasteiger partial charge in [0.25, 0.3) is 5.69 Å². The Balaban J connectivity index is 2.97. The number of carboxylic acid groups (broad SMARTS) is 2. The summed E-state index contributed by atoms with van der Waals surface area (Å²) in [4.78, 5) is 31.5. The Labute approximate surface area is 102 Å².